The Morgan fingerprint density at radius 1 is 0.739 bits per heavy atom. The summed E-state index contributed by atoms with van der Waals surface area (Å²) in [5, 5.41) is 0. The first-order valence-electron chi connectivity index (χ1n) is 7.62. The summed E-state index contributed by atoms with van der Waals surface area (Å²) in [5.41, 5.74) is 16.4. The van der Waals surface area contributed by atoms with E-state index in [0.717, 1.165) is 22.6 Å². The second-order valence-electron chi connectivity index (χ2n) is 6.10. The Labute approximate surface area is 135 Å². The van der Waals surface area contributed by atoms with Crippen molar-refractivity contribution in [2.75, 3.05) is 11.5 Å². The molecule has 3 aromatic carbocycles. The molecule has 0 unspecified atom stereocenters. The highest BCUT2D eigenvalue weighted by Crippen LogP contribution is 2.52. The zero-order chi connectivity index (χ0) is 16.0. The van der Waals surface area contributed by atoms with Crippen LogP contribution in [-0.2, 0) is 5.41 Å². The van der Waals surface area contributed by atoms with Crippen molar-refractivity contribution in [3.8, 4) is 11.5 Å². The normalized spacial score (nSPS) is 14.5. The molecule has 0 spiro atoms. The highest BCUT2D eigenvalue weighted by atomic mass is 16.5. The van der Waals surface area contributed by atoms with Gasteiger partial charge in [0.05, 0.1) is 0 Å². The van der Waals surface area contributed by atoms with Crippen LogP contribution in [0.5, 0.6) is 11.5 Å². The van der Waals surface area contributed by atoms with E-state index in [1.165, 1.54) is 5.56 Å². The number of fused-ring (bicyclic) bond motifs is 2. The molecule has 0 atom stereocenters. The third-order valence-electron chi connectivity index (χ3n) is 4.66. The molecule has 0 aliphatic carbocycles. The van der Waals surface area contributed by atoms with Gasteiger partial charge in [0.25, 0.3) is 0 Å². The van der Waals surface area contributed by atoms with Crippen molar-refractivity contribution in [3.05, 3.63) is 83.4 Å². The Morgan fingerprint density at radius 3 is 1.78 bits per heavy atom. The molecular formula is C20H18N2O. The molecule has 3 heteroatoms. The second-order valence-corrected chi connectivity index (χ2v) is 6.10. The van der Waals surface area contributed by atoms with Crippen molar-refractivity contribution >= 4 is 11.4 Å². The van der Waals surface area contributed by atoms with Crippen molar-refractivity contribution < 1.29 is 4.74 Å². The van der Waals surface area contributed by atoms with Crippen LogP contribution in [-0.4, -0.2) is 0 Å². The summed E-state index contributed by atoms with van der Waals surface area (Å²) in [6.07, 6.45) is 0. The van der Waals surface area contributed by atoms with Gasteiger partial charge < -0.3 is 16.2 Å². The van der Waals surface area contributed by atoms with Gasteiger partial charge in [-0.2, -0.15) is 0 Å². The molecule has 0 amide bonds. The molecule has 0 fully saturated rings. The minimum Gasteiger partial charge on any atom is -0.457 e. The molecule has 4 N–H and O–H groups in total. The van der Waals surface area contributed by atoms with Crippen LogP contribution >= 0.6 is 0 Å². The molecule has 0 radical (unpaired) electrons. The van der Waals surface area contributed by atoms with Crippen LogP contribution in [0.4, 0.5) is 11.4 Å². The maximum Gasteiger partial charge on any atom is 0.133 e. The van der Waals surface area contributed by atoms with Gasteiger partial charge in [0, 0.05) is 40.0 Å². The lowest BCUT2D eigenvalue weighted by Crippen LogP contribution is -2.29. The maximum atomic E-state index is 6.10. The first kappa shape index (κ1) is 13.7. The molecule has 0 saturated heterocycles. The van der Waals surface area contributed by atoms with Crippen LogP contribution in [0.25, 0.3) is 0 Å². The number of hydrogen-bond donors (Lipinski definition) is 2. The van der Waals surface area contributed by atoms with Gasteiger partial charge in [-0.15, -0.1) is 0 Å². The lowest BCUT2D eigenvalue weighted by atomic mass is 9.69. The van der Waals surface area contributed by atoms with Gasteiger partial charge in [0.15, 0.2) is 0 Å². The molecule has 23 heavy (non-hydrogen) atoms. The summed E-state index contributed by atoms with van der Waals surface area (Å²) in [5.74, 6) is 1.57. The van der Waals surface area contributed by atoms with E-state index in [4.69, 9.17) is 16.2 Å². The lowest BCUT2D eigenvalue weighted by Gasteiger charge is -2.38. The average Bonchev–Trinajstić information content (AvgIpc) is 2.55. The van der Waals surface area contributed by atoms with Crippen molar-refractivity contribution in [1.29, 1.82) is 0 Å². The van der Waals surface area contributed by atoms with Gasteiger partial charge in [-0.3, -0.25) is 0 Å². The van der Waals surface area contributed by atoms with Gasteiger partial charge >= 0.3 is 0 Å². The minimum atomic E-state index is -0.314. The zero-order valence-electron chi connectivity index (χ0n) is 12.9. The van der Waals surface area contributed by atoms with E-state index in [0.29, 0.717) is 11.4 Å². The number of ether oxygens (including phenoxy) is 1. The smallest absolute Gasteiger partial charge is 0.133 e. The van der Waals surface area contributed by atoms with Crippen LogP contribution in [0.15, 0.2) is 66.7 Å². The quantitative estimate of drug-likeness (QED) is 0.658. The highest BCUT2D eigenvalue weighted by Gasteiger charge is 2.39. The molecule has 0 aromatic heterocycles. The number of hydrogen-bond acceptors (Lipinski definition) is 3. The van der Waals surface area contributed by atoms with Gasteiger partial charge in [-0.25, -0.2) is 0 Å². The molecule has 1 aliphatic heterocycles. The summed E-state index contributed by atoms with van der Waals surface area (Å²) in [7, 11) is 0. The third-order valence-corrected chi connectivity index (χ3v) is 4.66. The minimum absolute atomic E-state index is 0.314. The Kier molecular flexibility index (Phi) is 2.85. The van der Waals surface area contributed by atoms with Crippen LogP contribution in [0.1, 0.15) is 23.6 Å². The van der Waals surface area contributed by atoms with Crippen LogP contribution < -0.4 is 16.2 Å². The number of nitrogens with two attached hydrogens (primary N) is 2. The predicted molar refractivity (Wildman–Crippen MR) is 93.8 cm³/mol. The Balaban J connectivity index is 2.05. The number of nitrogen functional groups attached to an aromatic ring is 2. The van der Waals surface area contributed by atoms with Crippen molar-refractivity contribution in [2.45, 2.75) is 12.3 Å². The fraction of sp³-hybridized carbons (Fsp3) is 0.100. The third kappa shape index (κ3) is 1.97. The van der Waals surface area contributed by atoms with E-state index in [1.54, 1.807) is 0 Å². The van der Waals surface area contributed by atoms with E-state index < -0.39 is 0 Å². The lowest BCUT2D eigenvalue weighted by molar-refractivity contribution is 0.428. The molecule has 0 saturated carbocycles. The molecule has 3 aromatic rings. The maximum absolute atomic E-state index is 6.10. The monoisotopic (exact) mass is 302 g/mol. The van der Waals surface area contributed by atoms with Crippen molar-refractivity contribution in [2.24, 2.45) is 0 Å². The summed E-state index contributed by atoms with van der Waals surface area (Å²) in [4.78, 5) is 0. The van der Waals surface area contributed by atoms with Gasteiger partial charge in [-0.1, -0.05) is 42.5 Å². The van der Waals surface area contributed by atoms with Crippen molar-refractivity contribution in [3.63, 3.8) is 0 Å². The molecule has 114 valence electrons. The van der Waals surface area contributed by atoms with E-state index in [-0.39, 0.29) is 5.41 Å². The number of rotatable bonds is 1. The summed E-state index contributed by atoms with van der Waals surface area (Å²) in [6, 6.07) is 22.1. The molecule has 0 bridgehead atoms. The fourth-order valence-corrected chi connectivity index (χ4v) is 3.42. The fourth-order valence-electron chi connectivity index (χ4n) is 3.42. The van der Waals surface area contributed by atoms with Crippen LogP contribution in [0.2, 0.25) is 0 Å². The SMILES string of the molecule is CC1(c2ccccc2)c2ccc(N)cc2Oc2cc(N)ccc21. The molecule has 1 aliphatic rings. The number of anilines is 2. The Bertz CT molecular complexity index is 836. The first-order chi connectivity index (χ1) is 11.1. The molecule has 1 heterocycles. The van der Waals surface area contributed by atoms with E-state index in [1.807, 2.05) is 30.3 Å². The van der Waals surface area contributed by atoms with E-state index in [9.17, 15) is 0 Å². The van der Waals surface area contributed by atoms with Crippen molar-refractivity contribution in [1.82, 2.24) is 0 Å². The number of benzene rings is 3. The summed E-state index contributed by atoms with van der Waals surface area (Å²) in [6.45, 7) is 2.22. The van der Waals surface area contributed by atoms with E-state index >= 15 is 0 Å². The largest absolute Gasteiger partial charge is 0.457 e. The average molecular weight is 302 g/mol. The predicted octanol–water partition coefficient (Wildman–Crippen LogP) is 4.31. The van der Waals surface area contributed by atoms with Gasteiger partial charge in [-0.05, 0) is 24.6 Å². The van der Waals surface area contributed by atoms with E-state index in [2.05, 4.69) is 43.3 Å². The molecular weight excluding hydrogens is 284 g/mol. The van der Waals surface area contributed by atoms with Crippen LogP contribution in [0.3, 0.4) is 0 Å². The van der Waals surface area contributed by atoms with Crippen LogP contribution in [0, 0.1) is 0 Å². The van der Waals surface area contributed by atoms with Gasteiger partial charge in [0.2, 0.25) is 0 Å². The standard InChI is InChI=1S/C20H18N2O/c1-20(13-5-3-2-4-6-13)16-9-7-14(21)11-18(16)23-19-12-15(22)8-10-17(19)20/h2-12H,21-22H2,1H3. The summed E-state index contributed by atoms with van der Waals surface area (Å²) >= 11 is 0. The highest BCUT2D eigenvalue weighted by molar-refractivity contribution is 5.67. The molecule has 3 nitrogen and oxygen atoms in total. The first-order valence-corrected chi connectivity index (χ1v) is 7.62. The van der Waals surface area contributed by atoms with Gasteiger partial charge in [0.1, 0.15) is 11.5 Å². The Morgan fingerprint density at radius 2 is 1.26 bits per heavy atom. The zero-order valence-corrected chi connectivity index (χ0v) is 12.9. The summed E-state index contributed by atoms with van der Waals surface area (Å²) < 4.78 is 6.10. The Hall–Kier alpha value is -2.94. The topological polar surface area (TPSA) is 61.3 Å². The second kappa shape index (κ2) is 4.78. The molecule has 4 rings (SSSR count).